The van der Waals surface area contributed by atoms with Gasteiger partial charge in [0.25, 0.3) is 0 Å². The molecule has 2 aliphatic carbocycles. The van der Waals surface area contributed by atoms with Crippen molar-refractivity contribution in [3.05, 3.63) is 34.1 Å². The zero-order valence-corrected chi connectivity index (χ0v) is 12.0. The van der Waals surface area contributed by atoms with Crippen LogP contribution >= 0.6 is 15.9 Å². The fourth-order valence-corrected chi connectivity index (χ4v) is 3.23. The third-order valence-corrected chi connectivity index (χ3v) is 4.65. The Balaban J connectivity index is 1.52. The Morgan fingerprint density at radius 1 is 1.22 bits per heavy atom. The van der Waals surface area contributed by atoms with Crippen molar-refractivity contribution in [2.24, 2.45) is 17.8 Å². The van der Waals surface area contributed by atoms with Crippen LogP contribution in [0.4, 0.5) is 4.39 Å². The smallest absolute Gasteiger partial charge is 0.127 e. The highest BCUT2D eigenvalue weighted by Crippen LogP contribution is 2.48. The van der Waals surface area contributed by atoms with E-state index in [-0.39, 0.29) is 5.82 Å². The molecule has 2 fully saturated rings. The van der Waals surface area contributed by atoms with E-state index in [0.717, 1.165) is 34.3 Å². The molecule has 0 spiro atoms. The summed E-state index contributed by atoms with van der Waals surface area (Å²) < 4.78 is 14.5. The lowest BCUT2D eigenvalue weighted by molar-refractivity contribution is 0.377. The van der Waals surface area contributed by atoms with Crippen LogP contribution in [0.15, 0.2) is 22.7 Å². The molecule has 0 heterocycles. The van der Waals surface area contributed by atoms with Crippen molar-refractivity contribution in [3.8, 4) is 0 Å². The summed E-state index contributed by atoms with van der Waals surface area (Å²) in [6, 6.07) is 5.14. The highest BCUT2D eigenvalue weighted by atomic mass is 79.9. The summed E-state index contributed by atoms with van der Waals surface area (Å²) in [5, 5.41) is 3.45. The predicted molar refractivity (Wildman–Crippen MR) is 74.7 cm³/mol. The van der Waals surface area contributed by atoms with Crippen LogP contribution in [0.1, 0.15) is 31.2 Å². The van der Waals surface area contributed by atoms with Crippen molar-refractivity contribution in [2.45, 2.75) is 32.2 Å². The van der Waals surface area contributed by atoms with Crippen molar-refractivity contribution >= 4 is 15.9 Å². The monoisotopic (exact) mass is 311 g/mol. The fourth-order valence-electron chi connectivity index (χ4n) is 2.82. The number of benzene rings is 1. The van der Waals surface area contributed by atoms with E-state index < -0.39 is 0 Å². The van der Waals surface area contributed by atoms with Gasteiger partial charge in [0.05, 0.1) is 0 Å². The minimum atomic E-state index is -0.111. The van der Waals surface area contributed by atoms with Crippen LogP contribution in [-0.2, 0) is 6.54 Å². The summed E-state index contributed by atoms with van der Waals surface area (Å²) >= 11 is 3.39. The lowest BCUT2D eigenvalue weighted by Crippen LogP contribution is -2.25. The van der Waals surface area contributed by atoms with E-state index in [9.17, 15) is 4.39 Å². The zero-order valence-electron chi connectivity index (χ0n) is 10.5. The predicted octanol–water partition coefficient (Wildman–Crippen LogP) is 4.11. The number of nitrogens with one attached hydrogen (secondary N) is 1. The van der Waals surface area contributed by atoms with Crippen LogP contribution in [0.25, 0.3) is 0 Å². The van der Waals surface area contributed by atoms with E-state index in [1.54, 1.807) is 6.07 Å². The van der Waals surface area contributed by atoms with Crippen molar-refractivity contribution in [1.29, 1.82) is 0 Å². The molecule has 1 N–H and O–H groups in total. The van der Waals surface area contributed by atoms with Gasteiger partial charge in [-0.2, -0.15) is 0 Å². The summed E-state index contributed by atoms with van der Waals surface area (Å²) in [4.78, 5) is 0. The van der Waals surface area contributed by atoms with Crippen molar-refractivity contribution in [2.75, 3.05) is 6.54 Å². The van der Waals surface area contributed by atoms with E-state index in [1.807, 2.05) is 6.07 Å². The highest BCUT2D eigenvalue weighted by molar-refractivity contribution is 9.10. The largest absolute Gasteiger partial charge is 0.312 e. The summed E-state index contributed by atoms with van der Waals surface area (Å²) in [7, 11) is 0. The van der Waals surface area contributed by atoms with E-state index in [2.05, 4.69) is 21.2 Å². The van der Waals surface area contributed by atoms with Crippen LogP contribution in [-0.4, -0.2) is 6.54 Å². The number of hydrogen-bond donors (Lipinski definition) is 1. The Morgan fingerprint density at radius 2 is 1.89 bits per heavy atom. The molecule has 0 atom stereocenters. The van der Waals surface area contributed by atoms with Crippen molar-refractivity contribution < 1.29 is 4.39 Å². The maximum absolute atomic E-state index is 13.6. The summed E-state index contributed by atoms with van der Waals surface area (Å²) in [6.45, 7) is 1.70. The second kappa shape index (κ2) is 5.30. The molecule has 18 heavy (non-hydrogen) atoms. The lowest BCUT2D eigenvalue weighted by atomic mass is 9.98. The number of rotatable bonds is 6. The molecule has 98 valence electrons. The van der Waals surface area contributed by atoms with Crippen molar-refractivity contribution in [3.63, 3.8) is 0 Å². The second-order valence-corrected chi connectivity index (χ2v) is 6.62. The normalized spacial score (nSPS) is 19.5. The molecular weight excluding hydrogens is 293 g/mol. The molecule has 3 heteroatoms. The van der Waals surface area contributed by atoms with Gasteiger partial charge in [-0.15, -0.1) is 0 Å². The van der Waals surface area contributed by atoms with E-state index >= 15 is 0 Å². The van der Waals surface area contributed by atoms with E-state index in [1.165, 1.54) is 31.7 Å². The minimum absolute atomic E-state index is 0.111. The van der Waals surface area contributed by atoms with Crippen LogP contribution in [0.5, 0.6) is 0 Å². The molecule has 3 rings (SSSR count). The maximum atomic E-state index is 13.6. The van der Waals surface area contributed by atoms with Gasteiger partial charge < -0.3 is 5.32 Å². The second-order valence-electron chi connectivity index (χ2n) is 5.71. The van der Waals surface area contributed by atoms with Gasteiger partial charge in [0, 0.05) is 16.6 Å². The fraction of sp³-hybridized carbons (Fsp3) is 0.600. The standard InChI is InChI=1S/C15H19BrFN/c16-13-5-6-15(17)12(7-13)8-18-9-14(10-1-2-10)11-3-4-11/h5-7,10-11,14,18H,1-4,8-9H2. The molecule has 2 aliphatic rings. The summed E-state index contributed by atoms with van der Waals surface area (Å²) in [5.41, 5.74) is 0.759. The SMILES string of the molecule is Fc1ccc(Br)cc1CNCC(C1CC1)C1CC1. The molecule has 0 amide bonds. The van der Waals surface area contributed by atoms with Crippen LogP contribution in [0, 0.1) is 23.6 Å². The Bertz CT molecular complexity index is 415. The molecular formula is C15H19BrFN. The first-order valence-electron chi connectivity index (χ1n) is 6.88. The van der Waals surface area contributed by atoms with Crippen LogP contribution < -0.4 is 5.32 Å². The third kappa shape index (κ3) is 3.12. The Morgan fingerprint density at radius 3 is 2.50 bits per heavy atom. The van der Waals surface area contributed by atoms with Gasteiger partial charge in [-0.1, -0.05) is 15.9 Å². The quantitative estimate of drug-likeness (QED) is 0.833. The van der Waals surface area contributed by atoms with Gasteiger partial charge in [0.1, 0.15) is 5.82 Å². The molecule has 1 nitrogen and oxygen atoms in total. The van der Waals surface area contributed by atoms with Gasteiger partial charge in [-0.25, -0.2) is 4.39 Å². The Kier molecular flexibility index (Phi) is 3.71. The Hall–Kier alpha value is -0.410. The molecule has 0 unspecified atom stereocenters. The molecule has 0 saturated heterocycles. The summed E-state index contributed by atoms with van der Waals surface area (Å²) in [6.07, 6.45) is 5.64. The van der Waals surface area contributed by atoms with E-state index in [0.29, 0.717) is 6.54 Å². The molecule has 2 saturated carbocycles. The molecule has 1 aromatic rings. The molecule has 0 aromatic heterocycles. The average Bonchev–Trinajstić information content (AvgIpc) is 3.22. The first-order valence-corrected chi connectivity index (χ1v) is 7.68. The summed E-state index contributed by atoms with van der Waals surface area (Å²) in [5.74, 6) is 2.65. The van der Waals surface area contributed by atoms with E-state index in [4.69, 9.17) is 0 Å². The first kappa shape index (κ1) is 12.6. The van der Waals surface area contributed by atoms with Gasteiger partial charge in [-0.05, 0) is 68.2 Å². The molecule has 0 radical (unpaired) electrons. The molecule has 0 aliphatic heterocycles. The first-order chi connectivity index (χ1) is 8.74. The van der Waals surface area contributed by atoms with Gasteiger partial charge in [0.2, 0.25) is 0 Å². The Labute approximate surface area is 116 Å². The average molecular weight is 312 g/mol. The lowest BCUT2D eigenvalue weighted by Gasteiger charge is -2.16. The maximum Gasteiger partial charge on any atom is 0.127 e. The zero-order chi connectivity index (χ0) is 12.5. The third-order valence-electron chi connectivity index (χ3n) is 4.16. The topological polar surface area (TPSA) is 12.0 Å². The number of halogens is 2. The van der Waals surface area contributed by atoms with Gasteiger partial charge in [0.15, 0.2) is 0 Å². The minimum Gasteiger partial charge on any atom is -0.312 e. The number of hydrogen-bond acceptors (Lipinski definition) is 1. The van der Waals surface area contributed by atoms with Crippen molar-refractivity contribution in [1.82, 2.24) is 5.32 Å². The highest BCUT2D eigenvalue weighted by Gasteiger charge is 2.40. The van der Waals surface area contributed by atoms with Crippen LogP contribution in [0.2, 0.25) is 0 Å². The van der Waals surface area contributed by atoms with Gasteiger partial charge >= 0.3 is 0 Å². The molecule has 1 aromatic carbocycles. The molecule has 0 bridgehead atoms. The van der Waals surface area contributed by atoms with Gasteiger partial charge in [-0.3, -0.25) is 0 Å². The van der Waals surface area contributed by atoms with Crippen LogP contribution in [0.3, 0.4) is 0 Å².